The molecule has 132 valence electrons. The molecule has 0 bridgehead atoms. The minimum absolute atomic E-state index is 0.188. The number of fused-ring (bicyclic) bond motifs is 1. The van der Waals surface area contributed by atoms with Crippen molar-refractivity contribution in [2.45, 2.75) is 45.3 Å². The van der Waals surface area contributed by atoms with Crippen LogP contribution in [0.5, 0.6) is 0 Å². The van der Waals surface area contributed by atoms with Gasteiger partial charge in [-0.1, -0.05) is 13.8 Å². The van der Waals surface area contributed by atoms with Crippen LogP contribution in [0.25, 0.3) is 5.52 Å². The molecule has 1 saturated heterocycles. The molecule has 0 aromatic carbocycles. The van der Waals surface area contributed by atoms with Gasteiger partial charge in [-0.3, -0.25) is 0 Å². The number of imidazole rings is 1. The third-order valence-electron chi connectivity index (χ3n) is 4.01. The lowest BCUT2D eigenvalue weighted by atomic mass is 10.1. The van der Waals surface area contributed by atoms with E-state index in [1.165, 1.54) is 10.7 Å². The topological polar surface area (TPSA) is 67.1 Å². The number of hydrogen-bond donors (Lipinski definition) is 2. The second kappa shape index (κ2) is 6.92. The normalized spacial score (nSPS) is 21.8. The summed E-state index contributed by atoms with van der Waals surface area (Å²) in [7, 11) is 0. The maximum atomic E-state index is 13.9. The Kier molecular flexibility index (Phi) is 4.88. The first kappa shape index (κ1) is 16.9. The maximum absolute atomic E-state index is 13.9. The van der Waals surface area contributed by atoms with Crippen molar-refractivity contribution in [2.24, 2.45) is 5.92 Å². The van der Waals surface area contributed by atoms with Crippen molar-refractivity contribution in [3.05, 3.63) is 17.7 Å². The van der Waals surface area contributed by atoms with Crippen LogP contribution in [0.15, 0.2) is 6.20 Å². The Bertz CT molecular complexity index is 702. The van der Waals surface area contributed by atoms with Gasteiger partial charge in [0.05, 0.1) is 12.2 Å². The van der Waals surface area contributed by atoms with E-state index in [4.69, 9.17) is 0 Å². The fraction of sp³-hybridized carbons (Fsp3) is 0.667. The van der Waals surface area contributed by atoms with Crippen LogP contribution >= 0.6 is 0 Å². The van der Waals surface area contributed by atoms with Gasteiger partial charge in [0.25, 0.3) is 6.43 Å². The van der Waals surface area contributed by atoms with Crippen LogP contribution in [0.2, 0.25) is 0 Å². The third-order valence-corrected chi connectivity index (χ3v) is 4.01. The Morgan fingerprint density at radius 3 is 2.88 bits per heavy atom. The Labute approximate surface area is 137 Å². The quantitative estimate of drug-likeness (QED) is 0.873. The van der Waals surface area contributed by atoms with Crippen molar-refractivity contribution in [1.29, 1.82) is 0 Å². The van der Waals surface area contributed by atoms with E-state index in [1.54, 1.807) is 0 Å². The molecule has 9 heteroatoms. The van der Waals surface area contributed by atoms with Crippen LogP contribution in [0, 0.1) is 5.92 Å². The zero-order valence-corrected chi connectivity index (χ0v) is 13.6. The first-order valence-electron chi connectivity index (χ1n) is 8.09. The first-order valence-corrected chi connectivity index (χ1v) is 8.09. The number of aromatic nitrogens is 4. The Morgan fingerprint density at radius 2 is 2.21 bits per heavy atom. The number of alkyl halides is 3. The average Bonchev–Trinajstić information content (AvgIpc) is 2.87. The zero-order chi connectivity index (χ0) is 17.3. The minimum atomic E-state index is -2.69. The van der Waals surface area contributed by atoms with Crippen LogP contribution < -0.4 is 10.6 Å². The summed E-state index contributed by atoms with van der Waals surface area (Å²) in [5, 5.41) is 10.2. The molecule has 24 heavy (non-hydrogen) atoms. The number of halogens is 3. The lowest BCUT2D eigenvalue weighted by Gasteiger charge is -2.27. The molecule has 0 spiro atoms. The molecule has 6 nitrogen and oxygen atoms in total. The van der Waals surface area contributed by atoms with Gasteiger partial charge in [-0.15, -0.1) is 5.10 Å². The molecule has 1 aliphatic heterocycles. The van der Waals surface area contributed by atoms with E-state index in [1.807, 2.05) is 13.8 Å². The molecule has 0 amide bonds. The molecule has 1 fully saturated rings. The molecule has 2 aromatic heterocycles. The maximum Gasteiger partial charge on any atom is 0.282 e. The molecule has 2 N–H and O–H groups in total. The summed E-state index contributed by atoms with van der Waals surface area (Å²) in [6.45, 7) is 4.94. The Morgan fingerprint density at radius 1 is 1.42 bits per heavy atom. The van der Waals surface area contributed by atoms with E-state index in [2.05, 4.69) is 25.7 Å². The predicted octanol–water partition coefficient (Wildman–Crippen LogP) is 2.37. The summed E-state index contributed by atoms with van der Waals surface area (Å²) < 4.78 is 41.6. The smallest absolute Gasteiger partial charge is 0.282 e. The zero-order valence-electron chi connectivity index (χ0n) is 13.6. The SMILES string of the molecule is CC(C)Cc1nc(C(F)F)c2cnc(N[C@@H]3CCNC[C@H]3F)nn12. The van der Waals surface area contributed by atoms with Crippen molar-refractivity contribution < 1.29 is 13.2 Å². The van der Waals surface area contributed by atoms with Gasteiger partial charge in [-0.05, 0) is 18.9 Å². The molecule has 3 rings (SSSR count). The standard InChI is InChI=1S/C15H21F3N6/c1-8(2)5-12-22-13(14(17)18)11-7-20-15(23-24(11)12)21-10-3-4-19-6-9(10)16/h7-10,14,19H,3-6H2,1-2H3,(H,21,23)/t9-,10-/m1/s1. The van der Waals surface area contributed by atoms with Gasteiger partial charge < -0.3 is 10.6 Å². The molecule has 0 aliphatic carbocycles. The number of hydrogen-bond acceptors (Lipinski definition) is 5. The third kappa shape index (κ3) is 3.45. The van der Waals surface area contributed by atoms with Crippen molar-refractivity contribution in [1.82, 2.24) is 24.9 Å². The minimum Gasteiger partial charge on any atom is -0.347 e. The van der Waals surface area contributed by atoms with Crippen molar-refractivity contribution in [3.63, 3.8) is 0 Å². The van der Waals surface area contributed by atoms with E-state index in [9.17, 15) is 13.2 Å². The molecule has 0 saturated carbocycles. The second-order valence-corrected chi connectivity index (χ2v) is 6.45. The van der Waals surface area contributed by atoms with E-state index in [-0.39, 0.29) is 29.6 Å². The summed E-state index contributed by atoms with van der Waals surface area (Å²) in [6.07, 6.45) is -1.30. The van der Waals surface area contributed by atoms with Crippen LogP contribution in [-0.2, 0) is 6.42 Å². The van der Waals surface area contributed by atoms with Gasteiger partial charge in [0.2, 0.25) is 5.95 Å². The molecule has 0 radical (unpaired) electrons. The second-order valence-electron chi connectivity index (χ2n) is 6.45. The van der Waals surface area contributed by atoms with Gasteiger partial charge in [0.15, 0.2) is 0 Å². The average molecular weight is 342 g/mol. The van der Waals surface area contributed by atoms with Crippen LogP contribution in [0.1, 0.15) is 38.2 Å². The molecule has 2 atom stereocenters. The molecule has 3 heterocycles. The predicted molar refractivity (Wildman–Crippen MR) is 84.1 cm³/mol. The first-order chi connectivity index (χ1) is 11.5. The van der Waals surface area contributed by atoms with Gasteiger partial charge >= 0.3 is 0 Å². The van der Waals surface area contributed by atoms with E-state index in [0.717, 1.165) is 0 Å². The summed E-state index contributed by atoms with van der Waals surface area (Å²) in [4.78, 5) is 8.10. The van der Waals surface area contributed by atoms with Crippen LogP contribution in [0.4, 0.5) is 19.1 Å². The highest BCUT2D eigenvalue weighted by atomic mass is 19.3. The van der Waals surface area contributed by atoms with Crippen molar-refractivity contribution >= 4 is 11.5 Å². The van der Waals surface area contributed by atoms with Gasteiger partial charge in [-0.2, -0.15) is 0 Å². The number of nitrogens with zero attached hydrogens (tertiary/aromatic N) is 4. The van der Waals surface area contributed by atoms with Crippen molar-refractivity contribution in [3.8, 4) is 0 Å². The van der Waals surface area contributed by atoms with E-state index >= 15 is 0 Å². The van der Waals surface area contributed by atoms with Crippen LogP contribution in [0.3, 0.4) is 0 Å². The summed E-state index contributed by atoms with van der Waals surface area (Å²) in [6, 6.07) is -0.393. The largest absolute Gasteiger partial charge is 0.347 e. The molecule has 0 unspecified atom stereocenters. The summed E-state index contributed by atoms with van der Waals surface area (Å²) >= 11 is 0. The Hall–Kier alpha value is -1.90. The van der Waals surface area contributed by atoms with Gasteiger partial charge in [0.1, 0.15) is 23.2 Å². The molecule has 2 aromatic rings. The summed E-state index contributed by atoms with van der Waals surface area (Å²) in [5.41, 5.74) is -0.129. The van der Waals surface area contributed by atoms with Crippen molar-refractivity contribution in [2.75, 3.05) is 18.4 Å². The lowest BCUT2D eigenvalue weighted by Crippen LogP contribution is -2.45. The van der Waals surface area contributed by atoms with Gasteiger partial charge in [0, 0.05) is 13.0 Å². The Balaban J connectivity index is 1.93. The number of anilines is 1. The lowest BCUT2D eigenvalue weighted by molar-refractivity contribution is 0.148. The monoisotopic (exact) mass is 342 g/mol. The van der Waals surface area contributed by atoms with E-state index in [0.29, 0.717) is 25.2 Å². The molecule has 1 aliphatic rings. The van der Waals surface area contributed by atoms with Crippen LogP contribution in [-0.4, -0.2) is 44.9 Å². The number of nitrogens with one attached hydrogen (secondary N) is 2. The molecular weight excluding hydrogens is 321 g/mol. The number of rotatable bonds is 5. The number of piperidine rings is 1. The van der Waals surface area contributed by atoms with Gasteiger partial charge in [-0.25, -0.2) is 27.7 Å². The highest BCUT2D eigenvalue weighted by Gasteiger charge is 2.26. The van der Waals surface area contributed by atoms with E-state index < -0.39 is 18.6 Å². The highest BCUT2D eigenvalue weighted by Crippen LogP contribution is 2.25. The molecular formula is C15H21F3N6. The highest BCUT2D eigenvalue weighted by molar-refractivity contribution is 5.52. The fourth-order valence-corrected chi connectivity index (χ4v) is 2.84. The fourth-order valence-electron chi connectivity index (χ4n) is 2.84. The summed E-state index contributed by atoms with van der Waals surface area (Å²) in [5.74, 6) is 0.926.